The molecule has 7 nitrogen and oxygen atoms in total. The van der Waals surface area contributed by atoms with Crippen LogP contribution >= 0.6 is 0 Å². The summed E-state index contributed by atoms with van der Waals surface area (Å²) in [6, 6.07) is 11.5. The van der Waals surface area contributed by atoms with Crippen molar-refractivity contribution in [1.29, 1.82) is 0 Å². The summed E-state index contributed by atoms with van der Waals surface area (Å²) >= 11 is 0. The Morgan fingerprint density at radius 1 is 1.03 bits per heavy atom. The summed E-state index contributed by atoms with van der Waals surface area (Å²) in [4.78, 5) is 35.9. The number of ether oxygens (including phenoxy) is 3. The van der Waals surface area contributed by atoms with Gasteiger partial charge in [-0.2, -0.15) is 8.78 Å². The average molecular weight is 407 g/mol. The van der Waals surface area contributed by atoms with Crippen molar-refractivity contribution in [2.45, 2.75) is 13.5 Å². The van der Waals surface area contributed by atoms with Crippen LogP contribution in [0.4, 0.5) is 8.78 Å². The average Bonchev–Trinajstić information content (AvgIpc) is 2.71. The van der Waals surface area contributed by atoms with Crippen LogP contribution < -0.4 is 14.8 Å². The van der Waals surface area contributed by atoms with E-state index in [2.05, 4.69) is 10.1 Å². The molecule has 1 N–H and O–H groups in total. The summed E-state index contributed by atoms with van der Waals surface area (Å²) in [7, 11) is 0. The van der Waals surface area contributed by atoms with E-state index >= 15 is 0 Å². The van der Waals surface area contributed by atoms with Gasteiger partial charge in [0, 0.05) is 5.56 Å². The number of nitrogens with one attached hydrogen (secondary N) is 1. The lowest BCUT2D eigenvalue weighted by Gasteiger charge is -2.10. The molecule has 0 saturated carbocycles. The number of amides is 1. The van der Waals surface area contributed by atoms with E-state index in [0.29, 0.717) is 12.4 Å². The molecule has 0 radical (unpaired) electrons. The van der Waals surface area contributed by atoms with Crippen LogP contribution in [0, 0.1) is 0 Å². The quantitative estimate of drug-likeness (QED) is 0.481. The van der Waals surface area contributed by atoms with E-state index in [1.54, 1.807) is 31.2 Å². The van der Waals surface area contributed by atoms with Gasteiger partial charge in [-0.05, 0) is 43.3 Å². The fourth-order valence-electron chi connectivity index (χ4n) is 2.29. The molecule has 29 heavy (non-hydrogen) atoms. The van der Waals surface area contributed by atoms with E-state index < -0.39 is 37.4 Å². The number of Topliss-reactive ketones (excluding diaryl/α,β-unsaturated/α-hetero) is 1. The minimum atomic E-state index is -2.96. The van der Waals surface area contributed by atoms with Gasteiger partial charge in [-0.3, -0.25) is 14.4 Å². The Bertz CT molecular complexity index is 854. The van der Waals surface area contributed by atoms with Crippen molar-refractivity contribution in [2.75, 3.05) is 19.8 Å². The number of halogens is 2. The first-order valence-electron chi connectivity index (χ1n) is 8.64. The summed E-state index contributed by atoms with van der Waals surface area (Å²) in [5.41, 5.74) is 0.429. The molecular weight excluding hydrogens is 388 g/mol. The predicted molar refractivity (Wildman–Crippen MR) is 98.3 cm³/mol. The van der Waals surface area contributed by atoms with E-state index in [4.69, 9.17) is 9.47 Å². The highest BCUT2D eigenvalue weighted by molar-refractivity contribution is 5.99. The molecule has 9 heteroatoms. The molecule has 0 aliphatic rings. The number of hydrogen-bond acceptors (Lipinski definition) is 6. The Kier molecular flexibility index (Phi) is 8.08. The minimum Gasteiger partial charge on any atom is -0.493 e. The Hall–Kier alpha value is -3.49. The molecule has 0 atom stereocenters. The molecule has 2 rings (SSSR count). The van der Waals surface area contributed by atoms with E-state index in [0.717, 1.165) is 0 Å². The van der Waals surface area contributed by atoms with Gasteiger partial charge in [-0.25, -0.2) is 0 Å². The van der Waals surface area contributed by atoms with E-state index in [1.165, 1.54) is 24.3 Å². The molecule has 0 heterocycles. The van der Waals surface area contributed by atoms with Crippen molar-refractivity contribution in [3.63, 3.8) is 0 Å². The maximum Gasteiger partial charge on any atom is 0.387 e. The third-order valence-corrected chi connectivity index (χ3v) is 3.59. The number of rotatable bonds is 10. The fourth-order valence-corrected chi connectivity index (χ4v) is 2.29. The SMILES string of the molecule is CCOc1ccccc1C(=O)NCC(=O)OCC(=O)c1ccc(OC(F)F)cc1. The van der Waals surface area contributed by atoms with E-state index in [-0.39, 0.29) is 16.9 Å². The topological polar surface area (TPSA) is 90.9 Å². The summed E-state index contributed by atoms with van der Waals surface area (Å²) in [6.07, 6.45) is 0. The summed E-state index contributed by atoms with van der Waals surface area (Å²) in [5.74, 6) is -1.57. The standard InChI is InChI=1S/C20H19F2NO6/c1-2-27-17-6-4-3-5-15(17)19(26)23-11-18(25)28-12-16(24)13-7-9-14(10-8-13)29-20(21)22/h3-10,20H,2,11-12H2,1H3,(H,23,26). The third-order valence-electron chi connectivity index (χ3n) is 3.59. The molecule has 154 valence electrons. The Morgan fingerprint density at radius 2 is 1.72 bits per heavy atom. The van der Waals surface area contributed by atoms with Gasteiger partial charge >= 0.3 is 12.6 Å². The van der Waals surface area contributed by atoms with Crippen LogP contribution in [-0.2, 0) is 9.53 Å². The number of alkyl halides is 2. The molecule has 0 fully saturated rings. The van der Waals surface area contributed by atoms with Crippen molar-refractivity contribution in [2.24, 2.45) is 0 Å². The van der Waals surface area contributed by atoms with Crippen LogP contribution in [-0.4, -0.2) is 44.0 Å². The Morgan fingerprint density at radius 3 is 2.38 bits per heavy atom. The van der Waals surface area contributed by atoms with Crippen molar-refractivity contribution < 1.29 is 37.4 Å². The zero-order valence-corrected chi connectivity index (χ0v) is 15.5. The predicted octanol–water partition coefficient (Wildman–Crippen LogP) is 2.84. The van der Waals surface area contributed by atoms with Crippen molar-refractivity contribution in [3.8, 4) is 11.5 Å². The van der Waals surface area contributed by atoms with Crippen molar-refractivity contribution >= 4 is 17.7 Å². The van der Waals surface area contributed by atoms with Crippen LogP contribution in [0.3, 0.4) is 0 Å². The summed E-state index contributed by atoms with van der Waals surface area (Å²) in [5, 5.41) is 2.39. The smallest absolute Gasteiger partial charge is 0.387 e. The second kappa shape index (κ2) is 10.7. The monoisotopic (exact) mass is 407 g/mol. The van der Waals surface area contributed by atoms with Crippen LogP contribution in [0.1, 0.15) is 27.6 Å². The van der Waals surface area contributed by atoms with Gasteiger partial charge in [-0.1, -0.05) is 12.1 Å². The molecule has 0 unspecified atom stereocenters. The zero-order valence-electron chi connectivity index (χ0n) is 15.5. The maximum atomic E-state index is 12.2. The largest absolute Gasteiger partial charge is 0.493 e. The Balaban J connectivity index is 1.81. The maximum absolute atomic E-state index is 12.2. The van der Waals surface area contributed by atoms with Gasteiger partial charge in [0.2, 0.25) is 0 Å². The van der Waals surface area contributed by atoms with Crippen LogP contribution in [0.2, 0.25) is 0 Å². The van der Waals surface area contributed by atoms with E-state index in [1.807, 2.05) is 0 Å². The number of esters is 1. The number of ketones is 1. The van der Waals surface area contributed by atoms with Gasteiger partial charge in [-0.15, -0.1) is 0 Å². The summed E-state index contributed by atoms with van der Waals surface area (Å²) in [6.45, 7) is -1.80. The second-order valence-corrected chi connectivity index (χ2v) is 5.60. The fraction of sp³-hybridized carbons (Fsp3) is 0.250. The second-order valence-electron chi connectivity index (χ2n) is 5.60. The van der Waals surface area contributed by atoms with Gasteiger partial charge in [0.1, 0.15) is 18.0 Å². The van der Waals surface area contributed by atoms with Crippen LogP contribution in [0.25, 0.3) is 0 Å². The lowest BCUT2D eigenvalue weighted by atomic mass is 10.1. The minimum absolute atomic E-state index is 0.0939. The number of para-hydroxylation sites is 1. The molecule has 0 aromatic heterocycles. The number of carbonyl (C=O) groups is 3. The van der Waals surface area contributed by atoms with Crippen LogP contribution in [0.15, 0.2) is 48.5 Å². The highest BCUT2D eigenvalue weighted by Gasteiger charge is 2.15. The zero-order chi connectivity index (χ0) is 21.2. The highest BCUT2D eigenvalue weighted by Crippen LogP contribution is 2.17. The molecule has 1 amide bonds. The molecule has 0 saturated heterocycles. The Labute approximate surface area is 165 Å². The van der Waals surface area contributed by atoms with Crippen molar-refractivity contribution in [3.05, 3.63) is 59.7 Å². The molecular formula is C20H19F2NO6. The van der Waals surface area contributed by atoms with Gasteiger partial charge in [0.25, 0.3) is 5.91 Å². The number of hydrogen-bond donors (Lipinski definition) is 1. The first-order valence-corrected chi connectivity index (χ1v) is 8.64. The first-order chi connectivity index (χ1) is 13.9. The van der Waals surface area contributed by atoms with Crippen LogP contribution in [0.5, 0.6) is 11.5 Å². The molecule has 2 aromatic rings. The van der Waals surface area contributed by atoms with Crippen molar-refractivity contribution in [1.82, 2.24) is 5.32 Å². The molecule has 0 aliphatic carbocycles. The summed E-state index contributed by atoms with van der Waals surface area (Å²) < 4.78 is 38.6. The normalized spacial score (nSPS) is 10.3. The number of benzene rings is 2. The third kappa shape index (κ3) is 6.87. The van der Waals surface area contributed by atoms with Gasteiger partial charge in [0.15, 0.2) is 12.4 Å². The van der Waals surface area contributed by atoms with Gasteiger partial charge < -0.3 is 19.5 Å². The highest BCUT2D eigenvalue weighted by atomic mass is 19.3. The molecule has 0 spiro atoms. The lowest BCUT2D eigenvalue weighted by molar-refractivity contribution is -0.141. The molecule has 0 aliphatic heterocycles. The van der Waals surface area contributed by atoms with Gasteiger partial charge in [0.05, 0.1) is 12.2 Å². The first kappa shape index (κ1) is 21.8. The van der Waals surface area contributed by atoms with E-state index in [9.17, 15) is 23.2 Å². The molecule has 2 aromatic carbocycles. The number of carbonyl (C=O) groups excluding carboxylic acids is 3. The molecule has 0 bridgehead atoms. The lowest BCUT2D eigenvalue weighted by Crippen LogP contribution is -2.31.